The maximum Gasteiger partial charge on any atom is 0.260 e. The molecule has 37 heavy (non-hydrogen) atoms. The van der Waals surface area contributed by atoms with E-state index in [1.54, 1.807) is 41.0 Å². The van der Waals surface area contributed by atoms with E-state index in [1.165, 1.54) is 6.33 Å². The van der Waals surface area contributed by atoms with Crippen LogP contribution in [0.2, 0.25) is 0 Å². The van der Waals surface area contributed by atoms with Crippen molar-refractivity contribution in [1.82, 2.24) is 19.7 Å². The van der Waals surface area contributed by atoms with Crippen molar-refractivity contribution in [2.75, 3.05) is 50.7 Å². The summed E-state index contributed by atoms with van der Waals surface area (Å²) in [6.07, 6.45) is 1.44. The Labute approximate surface area is 214 Å². The molecule has 11 nitrogen and oxygen atoms in total. The second-order valence-electron chi connectivity index (χ2n) is 8.60. The fourth-order valence-electron chi connectivity index (χ4n) is 4.43. The third-order valence-corrected chi connectivity index (χ3v) is 6.32. The zero-order valence-corrected chi connectivity index (χ0v) is 20.6. The van der Waals surface area contributed by atoms with Gasteiger partial charge in [-0.05, 0) is 36.8 Å². The largest absolute Gasteiger partial charge is 0.495 e. The SMILES string of the molecule is COc1ccccc1NC(=O)C1=C(C)Nc2ncnn2C1c1ccc(OCC(=O)N2CCOCC2)cc1. The van der Waals surface area contributed by atoms with Crippen LogP contribution in [-0.2, 0) is 14.3 Å². The minimum Gasteiger partial charge on any atom is -0.495 e. The third-order valence-electron chi connectivity index (χ3n) is 6.32. The fourth-order valence-corrected chi connectivity index (χ4v) is 4.43. The molecule has 3 heterocycles. The number of nitrogens with zero attached hydrogens (tertiary/aromatic N) is 4. The van der Waals surface area contributed by atoms with E-state index in [1.807, 2.05) is 31.2 Å². The molecule has 1 aromatic heterocycles. The van der Waals surface area contributed by atoms with Crippen LogP contribution >= 0.6 is 0 Å². The lowest BCUT2D eigenvalue weighted by Gasteiger charge is -2.29. The highest BCUT2D eigenvalue weighted by molar-refractivity contribution is 6.06. The van der Waals surface area contributed by atoms with E-state index in [4.69, 9.17) is 14.2 Å². The molecule has 0 spiro atoms. The third kappa shape index (κ3) is 5.12. The summed E-state index contributed by atoms with van der Waals surface area (Å²) >= 11 is 0. The first-order valence-electron chi connectivity index (χ1n) is 11.9. The van der Waals surface area contributed by atoms with E-state index >= 15 is 0 Å². The van der Waals surface area contributed by atoms with E-state index < -0.39 is 6.04 Å². The molecule has 5 rings (SSSR count). The Balaban J connectivity index is 1.36. The normalized spacial score (nSPS) is 17.0. The highest BCUT2D eigenvalue weighted by Crippen LogP contribution is 2.36. The molecule has 0 bridgehead atoms. The molecule has 0 aliphatic carbocycles. The first-order valence-corrected chi connectivity index (χ1v) is 11.9. The predicted molar refractivity (Wildman–Crippen MR) is 135 cm³/mol. The van der Waals surface area contributed by atoms with Crippen LogP contribution in [0.3, 0.4) is 0 Å². The summed E-state index contributed by atoms with van der Waals surface area (Å²) < 4.78 is 18.1. The average molecular weight is 505 g/mol. The topological polar surface area (TPSA) is 120 Å². The van der Waals surface area contributed by atoms with Gasteiger partial charge in [0.2, 0.25) is 5.95 Å². The quantitative estimate of drug-likeness (QED) is 0.504. The Morgan fingerprint density at radius 1 is 1.14 bits per heavy atom. The number of carbonyl (C=O) groups is 2. The number of carbonyl (C=O) groups excluding carboxylic acids is 2. The second kappa shape index (κ2) is 10.7. The number of benzene rings is 2. The molecule has 1 atom stereocenters. The summed E-state index contributed by atoms with van der Waals surface area (Å²) in [6, 6.07) is 14.0. The van der Waals surface area contributed by atoms with Gasteiger partial charge in [-0.1, -0.05) is 24.3 Å². The number of methoxy groups -OCH3 is 1. The van der Waals surface area contributed by atoms with Gasteiger partial charge in [-0.15, -0.1) is 0 Å². The molecular weight excluding hydrogens is 476 g/mol. The van der Waals surface area contributed by atoms with Crippen molar-refractivity contribution in [2.24, 2.45) is 0 Å². The number of rotatable bonds is 7. The molecule has 2 aliphatic rings. The maximum atomic E-state index is 13.6. The average Bonchev–Trinajstić information content (AvgIpc) is 3.40. The van der Waals surface area contributed by atoms with Crippen LogP contribution in [0.25, 0.3) is 0 Å². The van der Waals surface area contributed by atoms with Gasteiger partial charge in [0, 0.05) is 18.8 Å². The zero-order chi connectivity index (χ0) is 25.8. The number of hydrogen-bond acceptors (Lipinski definition) is 8. The first-order chi connectivity index (χ1) is 18.0. The smallest absolute Gasteiger partial charge is 0.260 e. The molecule has 11 heteroatoms. The van der Waals surface area contributed by atoms with Gasteiger partial charge >= 0.3 is 0 Å². The van der Waals surface area contributed by atoms with Gasteiger partial charge in [-0.3, -0.25) is 9.59 Å². The summed E-state index contributed by atoms with van der Waals surface area (Å²) in [4.78, 5) is 32.0. The van der Waals surface area contributed by atoms with Crippen molar-refractivity contribution in [3.8, 4) is 11.5 Å². The van der Waals surface area contributed by atoms with Crippen LogP contribution in [0.4, 0.5) is 11.6 Å². The van der Waals surface area contributed by atoms with Crippen LogP contribution in [0.1, 0.15) is 18.5 Å². The number of fused-ring (bicyclic) bond motifs is 1. The Hall–Kier alpha value is -4.38. The summed E-state index contributed by atoms with van der Waals surface area (Å²) in [5.74, 6) is 1.28. The van der Waals surface area contributed by atoms with Crippen molar-refractivity contribution in [2.45, 2.75) is 13.0 Å². The lowest BCUT2D eigenvalue weighted by atomic mass is 9.95. The molecule has 1 fully saturated rings. The highest BCUT2D eigenvalue weighted by Gasteiger charge is 2.33. The number of allylic oxidation sites excluding steroid dienone is 1. The van der Waals surface area contributed by atoms with Gasteiger partial charge in [-0.25, -0.2) is 4.68 Å². The predicted octanol–water partition coefficient (Wildman–Crippen LogP) is 2.45. The molecule has 1 unspecified atom stereocenters. The minimum atomic E-state index is -0.530. The standard InChI is InChI=1S/C26H28N6O5/c1-17-23(25(34)30-20-5-3-4-6-21(20)35-2)24(32-26(29-17)27-16-28-32)18-7-9-19(10-8-18)37-15-22(33)31-11-13-36-14-12-31/h3-10,16,24H,11-15H2,1-2H3,(H,30,34)(H,27,28,29). The van der Waals surface area contributed by atoms with E-state index in [-0.39, 0.29) is 18.4 Å². The second-order valence-corrected chi connectivity index (χ2v) is 8.60. The summed E-state index contributed by atoms with van der Waals surface area (Å²) in [6.45, 7) is 4.01. The number of para-hydroxylation sites is 2. The molecule has 2 aliphatic heterocycles. The molecule has 3 aromatic rings. The monoisotopic (exact) mass is 504 g/mol. The molecule has 1 saturated heterocycles. The molecule has 192 valence electrons. The summed E-state index contributed by atoms with van der Waals surface area (Å²) in [7, 11) is 1.56. The number of amides is 2. The lowest BCUT2D eigenvalue weighted by Crippen LogP contribution is -2.42. The summed E-state index contributed by atoms with van der Waals surface area (Å²) in [5.41, 5.74) is 2.52. The minimum absolute atomic E-state index is 0.0501. The van der Waals surface area contributed by atoms with Gasteiger partial charge in [0.15, 0.2) is 6.61 Å². The maximum absolute atomic E-state index is 13.6. The molecule has 0 saturated carbocycles. The van der Waals surface area contributed by atoms with Crippen LogP contribution in [0.5, 0.6) is 11.5 Å². The fraction of sp³-hybridized carbons (Fsp3) is 0.308. The van der Waals surface area contributed by atoms with Crippen molar-refractivity contribution >= 4 is 23.5 Å². The van der Waals surface area contributed by atoms with Crippen LogP contribution in [0.15, 0.2) is 66.1 Å². The number of aromatic nitrogens is 3. The molecule has 2 N–H and O–H groups in total. The Morgan fingerprint density at radius 3 is 2.65 bits per heavy atom. The van der Waals surface area contributed by atoms with E-state index in [0.29, 0.717) is 60.7 Å². The van der Waals surface area contributed by atoms with Gasteiger partial charge in [-0.2, -0.15) is 10.1 Å². The molecule has 0 radical (unpaired) electrons. The van der Waals surface area contributed by atoms with Gasteiger partial charge in [0.1, 0.15) is 23.9 Å². The molecule has 2 amide bonds. The van der Waals surface area contributed by atoms with Crippen LogP contribution < -0.4 is 20.1 Å². The highest BCUT2D eigenvalue weighted by atomic mass is 16.5. The summed E-state index contributed by atoms with van der Waals surface area (Å²) in [5, 5.41) is 10.5. The van der Waals surface area contributed by atoms with Crippen molar-refractivity contribution in [3.05, 3.63) is 71.7 Å². The lowest BCUT2D eigenvalue weighted by molar-refractivity contribution is -0.137. The first kappa shape index (κ1) is 24.3. The number of morpholine rings is 1. The van der Waals surface area contributed by atoms with Crippen molar-refractivity contribution in [1.29, 1.82) is 0 Å². The van der Waals surface area contributed by atoms with E-state index in [0.717, 1.165) is 5.56 Å². The van der Waals surface area contributed by atoms with Crippen LogP contribution in [-0.4, -0.2) is 71.5 Å². The Morgan fingerprint density at radius 2 is 1.89 bits per heavy atom. The number of ether oxygens (including phenoxy) is 3. The van der Waals surface area contributed by atoms with Gasteiger partial charge < -0.3 is 29.7 Å². The Bertz CT molecular complexity index is 1310. The van der Waals surface area contributed by atoms with Gasteiger partial charge in [0.25, 0.3) is 11.8 Å². The van der Waals surface area contributed by atoms with Gasteiger partial charge in [0.05, 0.1) is 31.6 Å². The van der Waals surface area contributed by atoms with Crippen molar-refractivity contribution in [3.63, 3.8) is 0 Å². The number of anilines is 2. The van der Waals surface area contributed by atoms with Crippen molar-refractivity contribution < 1.29 is 23.8 Å². The molecular formula is C26H28N6O5. The van der Waals surface area contributed by atoms with E-state index in [9.17, 15) is 9.59 Å². The van der Waals surface area contributed by atoms with E-state index in [2.05, 4.69) is 20.7 Å². The van der Waals surface area contributed by atoms with Crippen LogP contribution in [0, 0.1) is 0 Å². The number of nitrogens with one attached hydrogen (secondary N) is 2. The molecule has 2 aromatic carbocycles. The zero-order valence-electron chi connectivity index (χ0n) is 20.6. The Kier molecular flexibility index (Phi) is 7.04. The number of hydrogen-bond donors (Lipinski definition) is 2.